The number of nitrogens with zero attached hydrogens (tertiary/aromatic N) is 2. The van der Waals surface area contributed by atoms with E-state index in [1.807, 2.05) is 6.07 Å². The van der Waals surface area contributed by atoms with E-state index in [2.05, 4.69) is 0 Å². The fraction of sp³-hybridized carbons (Fsp3) is 0.316. The highest BCUT2D eigenvalue weighted by Gasteiger charge is 2.29. The van der Waals surface area contributed by atoms with Crippen molar-refractivity contribution < 1.29 is 12.8 Å². The number of rotatable bonds is 3. The first-order valence-corrected chi connectivity index (χ1v) is 9.70. The third kappa shape index (κ3) is 3.89. The van der Waals surface area contributed by atoms with Crippen LogP contribution in [0.5, 0.6) is 0 Å². The number of halogens is 1. The molecule has 0 aromatic heterocycles. The SMILES string of the molecule is N#Cc1ccc(S(=O)(=O)N2CCCCC(c3ccc(F)cc3)C2)cc1. The predicted molar refractivity (Wildman–Crippen MR) is 92.9 cm³/mol. The average molecular weight is 358 g/mol. The van der Waals surface area contributed by atoms with Crippen molar-refractivity contribution in [2.24, 2.45) is 0 Å². The van der Waals surface area contributed by atoms with E-state index in [9.17, 15) is 12.8 Å². The molecular formula is C19H19FN2O2S. The lowest BCUT2D eigenvalue weighted by atomic mass is 9.95. The first-order valence-electron chi connectivity index (χ1n) is 8.26. The van der Waals surface area contributed by atoms with Crippen LogP contribution in [0.3, 0.4) is 0 Å². The maximum absolute atomic E-state index is 13.2. The van der Waals surface area contributed by atoms with Gasteiger partial charge in [0.1, 0.15) is 5.82 Å². The smallest absolute Gasteiger partial charge is 0.207 e. The molecule has 6 heteroatoms. The summed E-state index contributed by atoms with van der Waals surface area (Å²) in [5.74, 6) is -0.240. The zero-order valence-corrected chi connectivity index (χ0v) is 14.5. The first-order chi connectivity index (χ1) is 12.0. The van der Waals surface area contributed by atoms with Gasteiger partial charge in [0.15, 0.2) is 0 Å². The summed E-state index contributed by atoms with van der Waals surface area (Å²) in [4.78, 5) is 0.200. The molecule has 25 heavy (non-hydrogen) atoms. The van der Waals surface area contributed by atoms with Crippen molar-refractivity contribution in [3.05, 3.63) is 65.5 Å². The molecular weight excluding hydrogens is 339 g/mol. The molecule has 130 valence electrons. The molecule has 2 aromatic carbocycles. The average Bonchev–Trinajstić information content (AvgIpc) is 2.89. The zero-order valence-electron chi connectivity index (χ0n) is 13.7. The first kappa shape index (κ1) is 17.6. The van der Waals surface area contributed by atoms with Gasteiger partial charge >= 0.3 is 0 Å². The van der Waals surface area contributed by atoms with E-state index in [4.69, 9.17) is 5.26 Å². The largest absolute Gasteiger partial charge is 0.243 e. The summed E-state index contributed by atoms with van der Waals surface area (Å²) in [6.07, 6.45) is 2.61. The Hall–Kier alpha value is -2.23. The van der Waals surface area contributed by atoms with E-state index < -0.39 is 10.0 Å². The Kier molecular flexibility index (Phi) is 5.16. The molecule has 2 aromatic rings. The van der Waals surface area contributed by atoms with E-state index in [-0.39, 0.29) is 16.6 Å². The normalized spacial score (nSPS) is 19.1. The Morgan fingerprint density at radius 2 is 1.72 bits per heavy atom. The van der Waals surface area contributed by atoms with E-state index in [1.54, 1.807) is 12.1 Å². The molecule has 1 heterocycles. The minimum absolute atomic E-state index is 0.0521. The lowest BCUT2D eigenvalue weighted by molar-refractivity contribution is 0.406. The molecule has 1 aliphatic rings. The summed E-state index contributed by atoms with van der Waals surface area (Å²) in [5.41, 5.74) is 1.39. The van der Waals surface area contributed by atoms with Crippen LogP contribution in [0, 0.1) is 17.1 Å². The lowest BCUT2D eigenvalue weighted by Crippen LogP contribution is -2.34. The van der Waals surface area contributed by atoms with Gasteiger partial charge in [-0.1, -0.05) is 18.6 Å². The van der Waals surface area contributed by atoms with Gasteiger partial charge in [-0.15, -0.1) is 0 Å². The maximum Gasteiger partial charge on any atom is 0.243 e. The molecule has 0 amide bonds. The second-order valence-corrected chi connectivity index (χ2v) is 8.18. The van der Waals surface area contributed by atoms with Crippen LogP contribution in [0.2, 0.25) is 0 Å². The van der Waals surface area contributed by atoms with Gasteiger partial charge < -0.3 is 0 Å². The van der Waals surface area contributed by atoms with Crippen molar-refractivity contribution in [2.75, 3.05) is 13.1 Å². The molecule has 1 saturated heterocycles. The standard InChI is InChI=1S/C19H19FN2O2S/c20-18-8-6-16(7-9-18)17-3-1-2-12-22(14-17)25(23,24)19-10-4-15(13-21)5-11-19/h4-11,17H,1-3,12,14H2. The molecule has 0 radical (unpaired) electrons. The Bertz CT molecular complexity index is 871. The van der Waals surface area contributed by atoms with Crippen LogP contribution in [0.15, 0.2) is 53.4 Å². The second kappa shape index (κ2) is 7.34. The predicted octanol–water partition coefficient (Wildman–Crippen LogP) is 3.66. The molecule has 1 atom stereocenters. The topological polar surface area (TPSA) is 61.2 Å². The van der Waals surface area contributed by atoms with Crippen molar-refractivity contribution >= 4 is 10.0 Å². The van der Waals surface area contributed by atoms with Crippen molar-refractivity contribution in [1.29, 1.82) is 5.26 Å². The summed E-state index contributed by atoms with van der Waals surface area (Å²) in [5, 5.41) is 8.86. The molecule has 1 aliphatic heterocycles. The number of hydrogen-bond donors (Lipinski definition) is 0. The highest BCUT2D eigenvalue weighted by molar-refractivity contribution is 7.89. The molecule has 3 rings (SSSR count). The molecule has 0 bridgehead atoms. The van der Waals surface area contributed by atoms with E-state index >= 15 is 0 Å². The second-order valence-electron chi connectivity index (χ2n) is 6.24. The van der Waals surface area contributed by atoms with Crippen molar-refractivity contribution in [3.63, 3.8) is 0 Å². The quantitative estimate of drug-likeness (QED) is 0.841. The monoisotopic (exact) mass is 358 g/mol. The van der Waals surface area contributed by atoms with Gasteiger partial charge in [-0.2, -0.15) is 9.57 Å². The van der Waals surface area contributed by atoms with Crippen molar-refractivity contribution in [3.8, 4) is 6.07 Å². The van der Waals surface area contributed by atoms with E-state index in [0.717, 1.165) is 24.8 Å². The Morgan fingerprint density at radius 1 is 1.04 bits per heavy atom. The summed E-state index contributed by atoms with van der Waals surface area (Å²) in [6, 6.07) is 14.3. The van der Waals surface area contributed by atoms with E-state index in [1.165, 1.54) is 40.7 Å². The van der Waals surface area contributed by atoms with Gasteiger partial charge in [0.05, 0.1) is 16.5 Å². The highest BCUT2D eigenvalue weighted by Crippen LogP contribution is 2.29. The number of benzene rings is 2. The van der Waals surface area contributed by atoms with Crippen LogP contribution in [0.25, 0.3) is 0 Å². The van der Waals surface area contributed by atoms with Gasteiger partial charge in [0.25, 0.3) is 0 Å². The van der Waals surface area contributed by atoms with Crippen LogP contribution in [-0.2, 0) is 10.0 Å². The van der Waals surface area contributed by atoms with Gasteiger partial charge in [-0.25, -0.2) is 12.8 Å². The molecule has 0 saturated carbocycles. The maximum atomic E-state index is 13.2. The number of nitriles is 1. The molecule has 4 nitrogen and oxygen atoms in total. The van der Waals surface area contributed by atoms with Gasteiger partial charge in [0.2, 0.25) is 10.0 Å². The number of sulfonamides is 1. The van der Waals surface area contributed by atoms with Crippen LogP contribution in [0.4, 0.5) is 4.39 Å². The zero-order chi connectivity index (χ0) is 17.9. The Morgan fingerprint density at radius 3 is 2.36 bits per heavy atom. The fourth-order valence-electron chi connectivity index (χ4n) is 3.18. The third-order valence-corrected chi connectivity index (χ3v) is 6.48. The minimum atomic E-state index is -3.61. The summed E-state index contributed by atoms with van der Waals surface area (Å²) in [7, 11) is -3.61. The summed E-state index contributed by atoms with van der Waals surface area (Å²) >= 11 is 0. The summed E-state index contributed by atoms with van der Waals surface area (Å²) in [6.45, 7) is 0.855. The molecule has 0 N–H and O–H groups in total. The van der Waals surface area contributed by atoms with Crippen molar-refractivity contribution in [2.45, 2.75) is 30.1 Å². The Labute approximate surface area is 147 Å². The molecule has 1 fully saturated rings. The number of hydrogen-bond acceptors (Lipinski definition) is 3. The summed E-state index contributed by atoms with van der Waals surface area (Å²) < 4.78 is 40.6. The van der Waals surface area contributed by atoms with Gasteiger partial charge in [-0.3, -0.25) is 0 Å². The lowest BCUT2D eigenvalue weighted by Gasteiger charge is -2.24. The van der Waals surface area contributed by atoms with E-state index in [0.29, 0.717) is 18.7 Å². The van der Waals surface area contributed by atoms with Crippen LogP contribution < -0.4 is 0 Å². The Balaban J connectivity index is 1.86. The van der Waals surface area contributed by atoms with Crippen LogP contribution in [-0.4, -0.2) is 25.8 Å². The van der Waals surface area contributed by atoms with Crippen molar-refractivity contribution in [1.82, 2.24) is 4.31 Å². The molecule has 0 spiro atoms. The van der Waals surface area contributed by atoms with Crippen LogP contribution in [0.1, 0.15) is 36.3 Å². The third-order valence-electron chi connectivity index (χ3n) is 4.60. The fourth-order valence-corrected chi connectivity index (χ4v) is 4.71. The molecule has 1 unspecified atom stereocenters. The van der Waals surface area contributed by atoms with Gasteiger partial charge in [0, 0.05) is 13.1 Å². The van der Waals surface area contributed by atoms with Crippen LogP contribution >= 0.6 is 0 Å². The highest BCUT2D eigenvalue weighted by atomic mass is 32.2. The molecule has 0 aliphatic carbocycles. The van der Waals surface area contributed by atoms with Gasteiger partial charge in [-0.05, 0) is 60.7 Å². The minimum Gasteiger partial charge on any atom is -0.207 e.